The molecule has 4 nitrogen and oxygen atoms in total. The van der Waals surface area contributed by atoms with Crippen LogP contribution in [0.25, 0.3) is 10.2 Å². The lowest BCUT2D eigenvalue weighted by atomic mass is 10.1. The molecule has 0 unspecified atom stereocenters. The normalized spacial score (nSPS) is 12.3. The molecule has 118 valence electrons. The molecule has 3 rings (SSSR count). The summed E-state index contributed by atoms with van der Waals surface area (Å²) in [7, 11) is 0. The number of benzene rings is 1. The summed E-state index contributed by atoms with van der Waals surface area (Å²) in [4.78, 5) is 16.2. The third-order valence-electron chi connectivity index (χ3n) is 3.35. The van der Waals surface area contributed by atoms with Crippen LogP contribution in [0.1, 0.15) is 22.0 Å². The number of amides is 1. The average molecular weight is 334 g/mol. The SMILES string of the molecule is O=C(NC[C@H](O)c1c(F)cccc1F)c1cnc2ccsc2c1. The zero-order valence-corrected chi connectivity index (χ0v) is 12.6. The first-order chi connectivity index (χ1) is 11.1. The molecule has 0 saturated heterocycles. The highest BCUT2D eigenvalue weighted by Crippen LogP contribution is 2.21. The van der Waals surface area contributed by atoms with Gasteiger partial charge in [0.1, 0.15) is 17.7 Å². The molecule has 1 aromatic carbocycles. The van der Waals surface area contributed by atoms with Gasteiger partial charge in [-0.15, -0.1) is 11.3 Å². The zero-order chi connectivity index (χ0) is 16.4. The van der Waals surface area contributed by atoms with E-state index in [0.29, 0.717) is 5.56 Å². The minimum absolute atomic E-state index is 0.306. The van der Waals surface area contributed by atoms with Crippen molar-refractivity contribution >= 4 is 27.5 Å². The van der Waals surface area contributed by atoms with E-state index in [-0.39, 0.29) is 6.54 Å². The molecule has 0 spiro atoms. The van der Waals surface area contributed by atoms with Gasteiger partial charge in [-0.3, -0.25) is 9.78 Å². The maximum Gasteiger partial charge on any atom is 0.252 e. The van der Waals surface area contributed by atoms with Gasteiger partial charge in [-0.25, -0.2) is 8.78 Å². The van der Waals surface area contributed by atoms with Crippen LogP contribution in [-0.2, 0) is 0 Å². The van der Waals surface area contributed by atoms with Gasteiger partial charge in [0, 0.05) is 12.7 Å². The number of hydrogen-bond acceptors (Lipinski definition) is 4. The molecule has 23 heavy (non-hydrogen) atoms. The second-order valence-corrected chi connectivity index (χ2v) is 5.84. The summed E-state index contributed by atoms with van der Waals surface area (Å²) in [5.41, 5.74) is 0.654. The summed E-state index contributed by atoms with van der Waals surface area (Å²) in [5, 5.41) is 14.2. The van der Waals surface area contributed by atoms with Crippen molar-refractivity contribution in [1.82, 2.24) is 10.3 Å². The Morgan fingerprint density at radius 3 is 2.78 bits per heavy atom. The molecule has 2 aromatic heterocycles. The molecule has 1 amide bonds. The topological polar surface area (TPSA) is 62.2 Å². The summed E-state index contributed by atoms with van der Waals surface area (Å²) in [5.74, 6) is -2.18. The van der Waals surface area contributed by atoms with E-state index in [9.17, 15) is 18.7 Å². The fraction of sp³-hybridized carbons (Fsp3) is 0.125. The quantitative estimate of drug-likeness (QED) is 0.771. The molecule has 1 atom stereocenters. The number of pyridine rings is 1. The number of aliphatic hydroxyl groups is 1. The Morgan fingerprint density at radius 2 is 2.04 bits per heavy atom. The minimum Gasteiger partial charge on any atom is -0.386 e. The summed E-state index contributed by atoms with van der Waals surface area (Å²) in [6, 6.07) is 6.84. The molecule has 0 bridgehead atoms. The van der Waals surface area contributed by atoms with Crippen LogP contribution in [0.3, 0.4) is 0 Å². The van der Waals surface area contributed by atoms with E-state index in [1.165, 1.54) is 23.6 Å². The smallest absolute Gasteiger partial charge is 0.252 e. The van der Waals surface area contributed by atoms with E-state index in [1.807, 2.05) is 11.4 Å². The van der Waals surface area contributed by atoms with Crippen LogP contribution in [0.4, 0.5) is 8.78 Å². The van der Waals surface area contributed by atoms with Crippen molar-refractivity contribution in [3.63, 3.8) is 0 Å². The number of halogens is 2. The number of nitrogens with one attached hydrogen (secondary N) is 1. The maximum atomic E-state index is 13.6. The predicted molar refractivity (Wildman–Crippen MR) is 83.3 cm³/mol. The number of rotatable bonds is 4. The Bertz CT molecular complexity index is 846. The predicted octanol–water partition coefficient (Wildman–Crippen LogP) is 3.04. The van der Waals surface area contributed by atoms with Gasteiger partial charge >= 0.3 is 0 Å². The molecule has 0 aliphatic heterocycles. The molecule has 0 radical (unpaired) electrons. The summed E-state index contributed by atoms with van der Waals surface area (Å²) in [6.07, 6.45) is -0.0564. The van der Waals surface area contributed by atoms with Crippen LogP contribution >= 0.6 is 11.3 Å². The third-order valence-corrected chi connectivity index (χ3v) is 4.21. The summed E-state index contributed by atoms with van der Waals surface area (Å²) >= 11 is 1.45. The Morgan fingerprint density at radius 1 is 1.30 bits per heavy atom. The lowest BCUT2D eigenvalue weighted by Crippen LogP contribution is -2.29. The highest BCUT2D eigenvalue weighted by Gasteiger charge is 2.19. The lowest BCUT2D eigenvalue weighted by Gasteiger charge is -2.13. The fourth-order valence-electron chi connectivity index (χ4n) is 2.19. The fourth-order valence-corrected chi connectivity index (χ4v) is 2.97. The number of carbonyl (C=O) groups is 1. The van der Waals surface area contributed by atoms with Crippen molar-refractivity contribution in [3.05, 3.63) is 64.7 Å². The molecule has 0 saturated carbocycles. The number of thiophene rings is 1. The van der Waals surface area contributed by atoms with Gasteiger partial charge in [0.25, 0.3) is 5.91 Å². The Kier molecular flexibility index (Phi) is 4.31. The number of aliphatic hydroxyl groups excluding tert-OH is 1. The van der Waals surface area contributed by atoms with Crippen molar-refractivity contribution in [2.24, 2.45) is 0 Å². The molecule has 2 N–H and O–H groups in total. The molecule has 7 heteroatoms. The lowest BCUT2D eigenvalue weighted by molar-refractivity contribution is 0.0911. The Labute approximate surface area is 134 Å². The first-order valence-electron chi connectivity index (χ1n) is 6.79. The number of fused-ring (bicyclic) bond motifs is 1. The van der Waals surface area contributed by atoms with E-state index in [4.69, 9.17) is 0 Å². The first kappa shape index (κ1) is 15.5. The van der Waals surface area contributed by atoms with Crippen LogP contribution in [0, 0.1) is 11.6 Å². The third kappa shape index (κ3) is 3.20. The van der Waals surface area contributed by atoms with Crippen molar-refractivity contribution in [1.29, 1.82) is 0 Å². The van der Waals surface area contributed by atoms with Gasteiger partial charge in [-0.05, 0) is 29.6 Å². The summed E-state index contributed by atoms with van der Waals surface area (Å²) < 4.78 is 28.0. The van der Waals surface area contributed by atoms with E-state index in [2.05, 4.69) is 10.3 Å². The average Bonchev–Trinajstić information content (AvgIpc) is 3.00. The monoisotopic (exact) mass is 334 g/mol. The van der Waals surface area contributed by atoms with Gasteiger partial charge in [0.2, 0.25) is 0 Å². The number of carbonyl (C=O) groups excluding carboxylic acids is 1. The van der Waals surface area contributed by atoms with Crippen LogP contribution in [0.15, 0.2) is 41.9 Å². The highest BCUT2D eigenvalue weighted by atomic mass is 32.1. The summed E-state index contributed by atoms with van der Waals surface area (Å²) in [6.45, 7) is -0.306. The van der Waals surface area contributed by atoms with Gasteiger partial charge in [0.15, 0.2) is 0 Å². The Hall–Kier alpha value is -2.38. The van der Waals surface area contributed by atoms with Gasteiger partial charge in [0.05, 0.1) is 21.3 Å². The van der Waals surface area contributed by atoms with E-state index in [1.54, 1.807) is 6.07 Å². The number of aromatic nitrogens is 1. The first-order valence-corrected chi connectivity index (χ1v) is 7.67. The van der Waals surface area contributed by atoms with E-state index < -0.39 is 29.2 Å². The van der Waals surface area contributed by atoms with Crippen molar-refractivity contribution in [2.45, 2.75) is 6.10 Å². The van der Waals surface area contributed by atoms with E-state index >= 15 is 0 Å². The molecular formula is C16H12F2N2O2S. The number of hydrogen-bond donors (Lipinski definition) is 2. The maximum absolute atomic E-state index is 13.6. The van der Waals surface area contributed by atoms with Crippen LogP contribution < -0.4 is 5.32 Å². The molecule has 0 aliphatic carbocycles. The van der Waals surface area contributed by atoms with Gasteiger partial charge in [-0.2, -0.15) is 0 Å². The number of nitrogens with zero attached hydrogens (tertiary/aromatic N) is 1. The van der Waals surface area contributed by atoms with Crippen molar-refractivity contribution in [3.8, 4) is 0 Å². The Balaban J connectivity index is 1.71. The molecule has 0 fully saturated rings. The van der Waals surface area contributed by atoms with Gasteiger partial charge < -0.3 is 10.4 Å². The highest BCUT2D eigenvalue weighted by molar-refractivity contribution is 7.17. The standard InChI is InChI=1S/C16H12F2N2O2S/c17-10-2-1-3-11(18)15(10)13(21)8-20-16(22)9-6-14-12(19-7-9)4-5-23-14/h1-7,13,21H,8H2,(H,20,22)/t13-/m0/s1. The van der Waals surface area contributed by atoms with Crippen LogP contribution in [0.5, 0.6) is 0 Å². The molecular weight excluding hydrogens is 322 g/mol. The second kappa shape index (κ2) is 6.39. The van der Waals surface area contributed by atoms with Gasteiger partial charge in [-0.1, -0.05) is 6.07 Å². The molecule has 3 aromatic rings. The second-order valence-electron chi connectivity index (χ2n) is 4.89. The van der Waals surface area contributed by atoms with Crippen molar-refractivity contribution < 1.29 is 18.7 Å². The van der Waals surface area contributed by atoms with Crippen LogP contribution in [-0.4, -0.2) is 22.5 Å². The molecule has 2 heterocycles. The zero-order valence-electron chi connectivity index (χ0n) is 11.8. The molecule has 0 aliphatic rings. The van der Waals surface area contributed by atoms with Crippen LogP contribution in [0.2, 0.25) is 0 Å². The minimum atomic E-state index is -1.47. The van der Waals surface area contributed by atoms with Crippen molar-refractivity contribution in [2.75, 3.05) is 6.54 Å². The largest absolute Gasteiger partial charge is 0.386 e. The van der Waals surface area contributed by atoms with E-state index in [0.717, 1.165) is 22.3 Å².